The average Bonchev–Trinajstić information content (AvgIpc) is 2.68. The Hall–Kier alpha value is -2.18. The number of hydrogen-bond donors (Lipinski definition) is 0. The Labute approximate surface area is 85.1 Å². The van der Waals surface area contributed by atoms with Crippen molar-refractivity contribution in [2.24, 2.45) is 0 Å². The van der Waals surface area contributed by atoms with Gasteiger partial charge in [0.2, 0.25) is 5.43 Å². The molecule has 0 N–H and O–H groups in total. The molecule has 2 heteroatoms. The molecule has 70 valence electrons. The fraction of sp³-hybridized carbons (Fsp3) is 0. The monoisotopic (exact) mass is 194 g/mol. The van der Waals surface area contributed by atoms with Crippen LogP contribution in [0.4, 0.5) is 0 Å². The van der Waals surface area contributed by atoms with Gasteiger partial charge >= 0.3 is 0 Å². The van der Waals surface area contributed by atoms with Gasteiger partial charge in [0, 0.05) is 16.3 Å². The first-order valence-electron chi connectivity index (χ1n) is 4.65. The first-order valence-corrected chi connectivity index (χ1v) is 4.65. The molecule has 0 saturated heterocycles. The SMILES string of the molecule is O=C=c1c(=O)c2ccc3ccccc1c2-3. The number of carbonyl (C=O) groups excluding carboxylic acids is 1. The highest BCUT2D eigenvalue weighted by Crippen LogP contribution is 2.29. The molecule has 1 aromatic rings. The smallest absolute Gasteiger partial charge is 0.205 e. The summed E-state index contributed by atoms with van der Waals surface area (Å²) in [5.74, 6) is 1.74. The molecule has 3 rings (SSSR count). The van der Waals surface area contributed by atoms with Gasteiger partial charge in [-0.05, 0) is 11.6 Å². The van der Waals surface area contributed by atoms with Crippen molar-refractivity contribution in [1.82, 2.24) is 0 Å². The fourth-order valence-corrected chi connectivity index (χ4v) is 2.08. The lowest BCUT2D eigenvalue weighted by Crippen LogP contribution is -2.20. The molecule has 1 aromatic carbocycles. The standard InChI is InChI=1S/C13H6O2/c14-7-11-9-4-2-1-3-8-5-6-10(12(8)9)13(11)15/h1-6H. The normalized spacial score (nSPS) is 10.9. The van der Waals surface area contributed by atoms with Gasteiger partial charge < -0.3 is 0 Å². The molecule has 0 aliphatic heterocycles. The summed E-state index contributed by atoms with van der Waals surface area (Å²) >= 11 is 0. The predicted molar refractivity (Wildman–Crippen MR) is 58.0 cm³/mol. The number of hydrogen-bond acceptors (Lipinski definition) is 2. The average molecular weight is 194 g/mol. The summed E-state index contributed by atoms with van der Waals surface area (Å²) in [6, 6.07) is 11.1. The van der Waals surface area contributed by atoms with Crippen LogP contribution in [0.5, 0.6) is 0 Å². The zero-order valence-electron chi connectivity index (χ0n) is 7.78. The Morgan fingerprint density at radius 1 is 0.933 bits per heavy atom. The van der Waals surface area contributed by atoms with E-state index in [2.05, 4.69) is 0 Å². The van der Waals surface area contributed by atoms with E-state index in [-0.39, 0.29) is 10.6 Å². The Balaban J connectivity index is 2.81. The van der Waals surface area contributed by atoms with Crippen molar-refractivity contribution in [1.29, 1.82) is 0 Å². The molecule has 0 unspecified atom stereocenters. The summed E-state index contributed by atoms with van der Waals surface area (Å²) in [6.07, 6.45) is 0. The van der Waals surface area contributed by atoms with Crippen molar-refractivity contribution in [2.45, 2.75) is 0 Å². The van der Waals surface area contributed by atoms with Crippen LogP contribution in [-0.4, -0.2) is 5.94 Å². The van der Waals surface area contributed by atoms with E-state index >= 15 is 0 Å². The quantitative estimate of drug-likeness (QED) is 0.534. The maximum absolute atomic E-state index is 11.8. The molecule has 0 bridgehead atoms. The minimum Gasteiger partial charge on any atom is -0.288 e. The van der Waals surface area contributed by atoms with Crippen molar-refractivity contribution in [3.63, 3.8) is 0 Å². The van der Waals surface area contributed by atoms with Crippen LogP contribution in [0.15, 0.2) is 41.2 Å². The van der Waals surface area contributed by atoms with Crippen LogP contribution in [0, 0.1) is 0 Å². The van der Waals surface area contributed by atoms with E-state index in [1.165, 1.54) is 0 Å². The van der Waals surface area contributed by atoms with Crippen LogP contribution >= 0.6 is 0 Å². The highest BCUT2D eigenvalue weighted by atomic mass is 16.1. The maximum Gasteiger partial charge on any atom is 0.205 e. The third kappa shape index (κ3) is 0.888. The van der Waals surface area contributed by atoms with Crippen molar-refractivity contribution >= 4 is 16.7 Å². The minimum absolute atomic E-state index is 0.154. The topological polar surface area (TPSA) is 34.1 Å². The lowest BCUT2D eigenvalue weighted by atomic mass is 10.1. The molecule has 2 aliphatic carbocycles. The van der Waals surface area contributed by atoms with E-state index in [0.29, 0.717) is 10.8 Å². The van der Waals surface area contributed by atoms with E-state index < -0.39 is 0 Å². The lowest BCUT2D eigenvalue weighted by molar-refractivity contribution is 0.567. The van der Waals surface area contributed by atoms with E-state index in [9.17, 15) is 9.59 Å². The minimum atomic E-state index is -0.207. The van der Waals surface area contributed by atoms with Gasteiger partial charge in [0.25, 0.3) is 0 Å². The zero-order chi connectivity index (χ0) is 10.4. The molecule has 2 aliphatic rings. The summed E-state index contributed by atoms with van der Waals surface area (Å²) < 4.78 is 0. The zero-order valence-corrected chi connectivity index (χ0v) is 7.78. The Bertz CT molecular complexity index is 739. The van der Waals surface area contributed by atoms with Gasteiger partial charge in [0.15, 0.2) is 0 Å². The first kappa shape index (κ1) is 8.16. The van der Waals surface area contributed by atoms with Crippen molar-refractivity contribution < 1.29 is 4.79 Å². The summed E-state index contributed by atoms with van der Waals surface area (Å²) in [6.45, 7) is 0. The van der Waals surface area contributed by atoms with Crippen LogP contribution in [-0.2, 0) is 4.79 Å². The van der Waals surface area contributed by atoms with Gasteiger partial charge in [0.05, 0.1) is 0 Å². The second kappa shape index (κ2) is 2.66. The van der Waals surface area contributed by atoms with Gasteiger partial charge in [0.1, 0.15) is 11.2 Å². The van der Waals surface area contributed by atoms with E-state index in [4.69, 9.17) is 0 Å². The fourth-order valence-electron chi connectivity index (χ4n) is 2.08. The first-order chi connectivity index (χ1) is 7.33. The van der Waals surface area contributed by atoms with E-state index in [0.717, 1.165) is 11.1 Å². The highest BCUT2D eigenvalue weighted by molar-refractivity contribution is 6.01. The second-order valence-electron chi connectivity index (χ2n) is 3.52. The van der Waals surface area contributed by atoms with Gasteiger partial charge in [-0.3, -0.25) is 4.79 Å². The lowest BCUT2D eigenvalue weighted by Gasteiger charge is -1.89. The largest absolute Gasteiger partial charge is 0.288 e. The summed E-state index contributed by atoms with van der Waals surface area (Å²) in [7, 11) is 0. The van der Waals surface area contributed by atoms with Gasteiger partial charge in [-0.25, -0.2) is 4.79 Å². The summed E-state index contributed by atoms with van der Waals surface area (Å²) in [5, 5.41) is 1.48. The second-order valence-corrected chi connectivity index (χ2v) is 3.52. The van der Waals surface area contributed by atoms with Gasteiger partial charge in [-0.15, -0.1) is 0 Å². The van der Waals surface area contributed by atoms with Crippen molar-refractivity contribution in [3.8, 4) is 11.1 Å². The third-order valence-corrected chi connectivity index (χ3v) is 2.75. The molecule has 0 amide bonds. The molecular formula is C13H6O2. The van der Waals surface area contributed by atoms with Crippen LogP contribution < -0.4 is 10.6 Å². The van der Waals surface area contributed by atoms with Crippen LogP contribution in [0.2, 0.25) is 0 Å². The molecule has 0 heterocycles. The molecule has 0 spiro atoms. The molecule has 0 fully saturated rings. The maximum atomic E-state index is 11.8. The van der Waals surface area contributed by atoms with Gasteiger partial charge in [-0.1, -0.05) is 30.3 Å². The molecule has 0 aromatic heterocycles. The van der Waals surface area contributed by atoms with Crippen LogP contribution in [0.25, 0.3) is 21.9 Å². The van der Waals surface area contributed by atoms with E-state index in [1.807, 2.05) is 24.3 Å². The van der Waals surface area contributed by atoms with Crippen molar-refractivity contribution in [2.75, 3.05) is 0 Å². The molecule has 0 atom stereocenters. The third-order valence-electron chi connectivity index (χ3n) is 2.75. The highest BCUT2D eigenvalue weighted by Gasteiger charge is 2.15. The molecule has 0 saturated carbocycles. The van der Waals surface area contributed by atoms with Crippen LogP contribution in [0.3, 0.4) is 0 Å². The molecule has 2 nitrogen and oxygen atoms in total. The Morgan fingerprint density at radius 3 is 2.53 bits per heavy atom. The Morgan fingerprint density at radius 2 is 1.73 bits per heavy atom. The molecule has 0 radical (unpaired) electrons. The Kier molecular flexibility index (Phi) is 1.44. The van der Waals surface area contributed by atoms with Gasteiger partial charge in [-0.2, -0.15) is 0 Å². The number of rotatable bonds is 0. The molecule has 15 heavy (non-hydrogen) atoms. The van der Waals surface area contributed by atoms with E-state index in [1.54, 1.807) is 18.1 Å². The van der Waals surface area contributed by atoms with Crippen LogP contribution in [0.1, 0.15) is 0 Å². The summed E-state index contributed by atoms with van der Waals surface area (Å²) in [4.78, 5) is 22.5. The molecular weight excluding hydrogens is 188 g/mol. The summed E-state index contributed by atoms with van der Waals surface area (Å²) in [5.41, 5.74) is 1.66. The predicted octanol–water partition coefficient (Wildman–Crippen LogP) is 0.965. The van der Waals surface area contributed by atoms with Crippen molar-refractivity contribution in [3.05, 3.63) is 51.8 Å².